The van der Waals surface area contributed by atoms with E-state index in [0.29, 0.717) is 48.1 Å². The maximum Gasteiger partial charge on any atom is 0.252 e. The Labute approximate surface area is 271 Å². The quantitative estimate of drug-likeness (QED) is 0.408. The molecule has 2 aromatic rings. The molecule has 9 nitrogen and oxygen atoms in total. The summed E-state index contributed by atoms with van der Waals surface area (Å²) in [5.74, 6) is 0.118. The molecule has 0 saturated carbocycles. The van der Waals surface area contributed by atoms with Crippen LogP contribution in [0.1, 0.15) is 80.4 Å². The van der Waals surface area contributed by atoms with Crippen molar-refractivity contribution in [1.29, 1.82) is 0 Å². The van der Waals surface area contributed by atoms with Gasteiger partial charge in [0.25, 0.3) is 5.91 Å². The van der Waals surface area contributed by atoms with Crippen LogP contribution in [0, 0.1) is 5.92 Å². The second kappa shape index (κ2) is 14.8. The minimum Gasteiger partial charge on any atom is -0.345 e. The van der Waals surface area contributed by atoms with Gasteiger partial charge < -0.3 is 20.4 Å². The van der Waals surface area contributed by atoms with Crippen LogP contribution in [0.25, 0.3) is 0 Å². The molecular formula is C35H46ClN5O4. The van der Waals surface area contributed by atoms with Crippen molar-refractivity contribution in [3.63, 3.8) is 0 Å². The lowest BCUT2D eigenvalue weighted by atomic mass is 9.94. The van der Waals surface area contributed by atoms with Crippen molar-refractivity contribution in [3.8, 4) is 0 Å². The van der Waals surface area contributed by atoms with E-state index in [-0.39, 0.29) is 30.0 Å². The number of nitrogens with one attached hydrogen (secondary N) is 2. The van der Waals surface area contributed by atoms with Gasteiger partial charge in [0, 0.05) is 68.7 Å². The highest BCUT2D eigenvalue weighted by Gasteiger charge is 2.36. The molecule has 45 heavy (non-hydrogen) atoms. The molecule has 242 valence electrons. The fourth-order valence-corrected chi connectivity index (χ4v) is 7.27. The Kier molecular flexibility index (Phi) is 10.8. The van der Waals surface area contributed by atoms with Crippen LogP contribution in [-0.2, 0) is 20.8 Å². The Morgan fingerprint density at radius 1 is 0.933 bits per heavy atom. The summed E-state index contributed by atoms with van der Waals surface area (Å²) in [4.78, 5) is 58.1. The molecule has 10 heteroatoms. The lowest BCUT2D eigenvalue weighted by Gasteiger charge is -2.46. The van der Waals surface area contributed by atoms with Gasteiger partial charge in [-0.15, -0.1) is 0 Å². The van der Waals surface area contributed by atoms with Crippen molar-refractivity contribution in [1.82, 2.24) is 25.3 Å². The summed E-state index contributed by atoms with van der Waals surface area (Å²) >= 11 is 6.11. The number of carbonyl (C=O) groups is 4. The molecule has 3 heterocycles. The predicted octanol–water partition coefficient (Wildman–Crippen LogP) is 4.20. The Balaban J connectivity index is 1.24. The zero-order valence-electron chi connectivity index (χ0n) is 26.6. The summed E-state index contributed by atoms with van der Waals surface area (Å²) in [5, 5.41) is 6.53. The van der Waals surface area contributed by atoms with Gasteiger partial charge in [0.15, 0.2) is 0 Å². The van der Waals surface area contributed by atoms with Gasteiger partial charge >= 0.3 is 0 Å². The first kappa shape index (κ1) is 32.9. The molecule has 3 aliphatic heterocycles. The molecule has 2 fully saturated rings. The van der Waals surface area contributed by atoms with Gasteiger partial charge in [0.05, 0.1) is 12.5 Å². The van der Waals surface area contributed by atoms with Gasteiger partial charge in [0.2, 0.25) is 17.7 Å². The third-order valence-electron chi connectivity index (χ3n) is 9.46. The van der Waals surface area contributed by atoms with E-state index in [1.54, 1.807) is 25.1 Å². The van der Waals surface area contributed by atoms with Crippen molar-refractivity contribution >= 4 is 35.2 Å². The monoisotopic (exact) mass is 635 g/mol. The summed E-state index contributed by atoms with van der Waals surface area (Å²) in [5.41, 5.74) is 2.30. The van der Waals surface area contributed by atoms with E-state index in [2.05, 4.69) is 29.4 Å². The van der Waals surface area contributed by atoms with Crippen LogP contribution in [0.3, 0.4) is 0 Å². The highest BCUT2D eigenvalue weighted by atomic mass is 35.5. The molecule has 3 aliphatic rings. The van der Waals surface area contributed by atoms with Crippen molar-refractivity contribution < 1.29 is 19.2 Å². The number of fused-ring (bicyclic) bond motifs is 1. The second-order valence-corrected chi connectivity index (χ2v) is 13.6. The highest BCUT2D eigenvalue weighted by Crippen LogP contribution is 2.29. The zero-order valence-corrected chi connectivity index (χ0v) is 27.4. The number of piperidine rings is 2. The van der Waals surface area contributed by atoms with Crippen molar-refractivity contribution in [2.75, 3.05) is 32.7 Å². The van der Waals surface area contributed by atoms with E-state index in [0.717, 1.165) is 56.4 Å². The van der Waals surface area contributed by atoms with Crippen LogP contribution in [0.2, 0.25) is 5.02 Å². The first-order valence-corrected chi connectivity index (χ1v) is 16.7. The molecule has 4 amide bonds. The van der Waals surface area contributed by atoms with Gasteiger partial charge in [-0.2, -0.15) is 0 Å². The van der Waals surface area contributed by atoms with Gasteiger partial charge in [-0.1, -0.05) is 55.8 Å². The first-order chi connectivity index (χ1) is 21.6. The van der Waals surface area contributed by atoms with Crippen molar-refractivity contribution in [3.05, 3.63) is 70.2 Å². The Bertz CT molecular complexity index is 1370. The fraction of sp³-hybridized carbons (Fsp3) is 0.543. The number of rotatable bonds is 10. The molecule has 0 spiro atoms. The molecule has 0 aromatic heterocycles. The van der Waals surface area contributed by atoms with E-state index in [4.69, 9.17) is 11.6 Å². The Morgan fingerprint density at radius 3 is 2.13 bits per heavy atom. The largest absolute Gasteiger partial charge is 0.345 e. The Hall–Kier alpha value is -3.43. The first-order valence-electron chi connectivity index (χ1n) is 16.3. The third kappa shape index (κ3) is 8.24. The predicted molar refractivity (Wildman–Crippen MR) is 175 cm³/mol. The van der Waals surface area contributed by atoms with Gasteiger partial charge in [-0.05, 0) is 60.9 Å². The molecule has 2 N–H and O–H groups in total. The maximum atomic E-state index is 14.0. The number of halogens is 1. The summed E-state index contributed by atoms with van der Waals surface area (Å²) in [6.45, 7) is 9.99. The van der Waals surface area contributed by atoms with Crippen LogP contribution >= 0.6 is 11.6 Å². The molecule has 2 saturated heterocycles. The molecule has 2 unspecified atom stereocenters. The molecule has 5 rings (SSSR count). The average Bonchev–Trinajstić information content (AvgIpc) is 3.34. The molecule has 2 atom stereocenters. The van der Waals surface area contributed by atoms with Crippen LogP contribution in [-0.4, -0.2) is 89.2 Å². The SMILES string of the molecule is CC(=O)N1CCC(N(CC(C)C)C2CCN(C(=O)C(Cc3ccc(Cl)cc3)NC(=O)CC3NC(=O)c4ccccc43)CC2)CC1. The smallest absolute Gasteiger partial charge is 0.252 e. The van der Waals surface area contributed by atoms with Crippen LogP contribution in [0.5, 0.6) is 0 Å². The second-order valence-electron chi connectivity index (χ2n) is 13.2. The average molecular weight is 636 g/mol. The number of nitrogens with zero attached hydrogens (tertiary/aromatic N) is 3. The number of benzene rings is 2. The molecule has 0 aliphatic carbocycles. The van der Waals surface area contributed by atoms with Crippen LogP contribution < -0.4 is 10.6 Å². The fourth-order valence-electron chi connectivity index (χ4n) is 7.15. The van der Waals surface area contributed by atoms with E-state index in [9.17, 15) is 19.2 Å². The summed E-state index contributed by atoms with van der Waals surface area (Å²) in [7, 11) is 0. The van der Waals surface area contributed by atoms with E-state index < -0.39 is 12.1 Å². The molecule has 2 aromatic carbocycles. The third-order valence-corrected chi connectivity index (χ3v) is 9.71. The minimum absolute atomic E-state index is 0.0574. The van der Waals surface area contributed by atoms with Crippen molar-refractivity contribution in [2.45, 2.75) is 83.5 Å². The lowest BCUT2D eigenvalue weighted by Crippen LogP contribution is -2.56. The molecular weight excluding hydrogens is 590 g/mol. The van der Waals surface area contributed by atoms with E-state index in [1.807, 2.05) is 40.1 Å². The standard InChI is InChI=1S/C35H46ClN5O4/c1-23(2)22-41(27-12-16-39(17-13-27)24(3)42)28-14-18-40(19-15-28)35(45)32(20-25-8-10-26(36)11-9-25)37-33(43)21-31-29-6-4-5-7-30(29)34(44)38-31/h4-11,23,27-28,31-32H,12-22H2,1-3H3,(H,37,43)(H,38,44). The Morgan fingerprint density at radius 2 is 1.53 bits per heavy atom. The topological polar surface area (TPSA) is 102 Å². The summed E-state index contributed by atoms with van der Waals surface area (Å²) in [6, 6.07) is 14.3. The number of carbonyl (C=O) groups excluding carboxylic acids is 4. The van der Waals surface area contributed by atoms with Gasteiger partial charge in [-0.3, -0.25) is 24.1 Å². The minimum atomic E-state index is -0.731. The van der Waals surface area contributed by atoms with Crippen LogP contribution in [0.15, 0.2) is 48.5 Å². The van der Waals surface area contributed by atoms with Crippen molar-refractivity contribution in [2.24, 2.45) is 5.92 Å². The summed E-state index contributed by atoms with van der Waals surface area (Å²) < 4.78 is 0. The summed E-state index contributed by atoms with van der Waals surface area (Å²) in [6.07, 6.45) is 4.11. The highest BCUT2D eigenvalue weighted by molar-refractivity contribution is 6.30. The maximum absolute atomic E-state index is 14.0. The molecule has 0 radical (unpaired) electrons. The van der Waals surface area contributed by atoms with Crippen LogP contribution in [0.4, 0.5) is 0 Å². The molecule has 0 bridgehead atoms. The lowest BCUT2D eigenvalue weighted by molar-refractivity contribution is -0.138. The van der Waals surface area contributed by atoms with E-state index >= 15 is 0 Å². The van der Waals surface area contributed by atoms with E-state index in [1.165, 1.54) is 0 Å². The normalized spacial score (nSPS) is 19.9. The van der Waals surface area contributed by atoms with Gasteiger partial charge in [0.1, 0.15) is 6.04 Å². The number of hydrogen-bond donors (Lipinski definition) is 2. The zero-order chi connectivity index (χ0) is 32.1. The number of hydrogen-bond acceptors (Lipinski definition) is 5. The number of amides is 4. The number of likely N-dealkylation sites (tertiary alicyclic amines) is 2. The van der Waals surface area contributed by atoms with Gasteiger partial charge in [-0.25, -0.2) is 0 Å².